The smallest absolute Gasteiger partial charge is 0.341 e. The topological polar surface area (TPSA) is 124 Å². The molecule has 2 heterocycles. The molecular weight excluding hydrogens is 412 g/mol. The number of hydrogen-bond donors (Lipinski definition) is 2. The molecule has 0 bridgehead atoms. The Hall–Kier alpha value is -3.75. The zero-order valence-electron chi connectivity index (χ0n) is 18.5. The highest BCUT2D eigenvalue weighted by Crippen LogP contribution is 2.23. The van der Waals surface area contributed by atoms with Crippen LogP contribution in [0.25, 0.3) is 0 Å². The van der Waals surface area contributed by atoms with Crippen LogP contribution in [0.5, 0.6) is 0 Å². The van der Waals surface area contributed by atoms with E-state index in [1.165, 1.54) is 24.0 Å². The maximum Gasteiger partial charge on any atom is 0.341 e. The molecule has 32 heavy (non-hydrogen) atoms. The average molecular weight is 441 g/mol. The maximum absolute atomic E-state index is 12.8. The third-order valence-electron chi connectivity index (χ3n) is 5.18. The van der Waals surface area contributed by atoms with E-state index in [4.69, 9.17) is 14.9 Å². The number of hydrogen-bond acceptors (Lipinski definition) is 7. The van der Waals surface area contributed by atoms with E-state index < -0.39 is 17.2 Å². The van der Waals surface area contributed by atoms with E-state index in [9.17, 15) is 14.4 Å². The van der Waals surface area contributed by atoms with Gasteiger partial charge in [0.05, 0.1) is 26.5 Å². The van der Waals surface area contributed by atoms with Gasteiger partial charge < -0.3 is 19.8 Å². The number of aromatic nitrogens is 2. The van der Waals surface area contributed by atoms with Crippen LogP contribution in [0.2, 0.25) is 0 Å². The first-order valence-corrected chi connectivity index (χ1v) is 10.4. The Morgan fingerprint density at radius 2 is 1.94 bits per heavy atom. The Kier molecular flexibility index (Phi) is 7.19. The summed E-state index contributed by atoms with van der Waals surface area (Å²) >= 11 is 0. The van der Waals surface area contributed by atoms with Crippen LogP contribution in [0.3, 0.4) is 0 Å². The van der Waals surface area contributed by atoms with Crippen molar-refractivity contribution in [2.24, 2.45) is 5.92 Å². The van der Waals surface area contributed by atoms with Crippen LogP contribution in [-0.4, -0.2) is 29.2 Å². The third kappa shape index (κ3) is 5.11. The molecule has 9 nitrogen and oxygen atoms in total. The van der Waals surface area contributed by atoms with Crippen molar-refractivity contribution in [1.82, 2.24) is 9.55 Å². The van der Waals surface area contributed by atoms with Gasteiger partial charge in [0.2, 0.25) is 0 Å². The predicted octanol–water partition coefficient (Wildman–Crippen LogP) is 2.60. The summed E-state index contributed by atoms with van der Waals surface area (Å²) in [6.07, 6.45) is 2.15. The second kappa shape index (κ2) is 10.0. The fraction of sp³-hybridized carbons (Fsp3) is 0.348. The van der Waals surface area contributed by atoms with Crippen molar-refractivity contribution < 1.29 is 13.9 Å². The molecule has 0 saturated heterocycles. The van der Waals surface area contributed by atoms with Crippen molar-refractivity contribution in [3.8, 4) is 0 Å². The van der Waals surface area contributed by atoms with Crippen LogP contribution in [-0.2, 0) is 17.8 Å². The minimum Gasteiger partial charge on any atom is -0.467 e. The molecule has 3 aromatic rings. The summed E-state index contributed by atoms with van der Waals surface area (Å²) in [5.74, 6) is 0.218. The minimum absolute atomic E-state index is 0.0533. The number of benzene rings is 1. The Morgan fingerprint density at radius 1 is 1.22 bits per heavy atom. The molecule has 0 amide bonds. The number of rotatable bonds is 9. The van der Waals surface area contributed by atoms with Crippen LogP contribution in [0, 0.1) is 5.92 Å². The SMILES string of the molecule is COC(=O)c1ccoc1CN(CCC(C)C)c1c(N)n(Cc2ccccc2)c(=O)[nH]c1=O. The first-order chi connectivity index (χ1) is 15.3. The lowest BCUT2D eigenvalue weighted by Gasteiger charge is -2.26. The molecule has 0 unspecified atom stereocenters. The molecule has 0 radical (unpaired) electrons. The number of nitrogens with one attached hydrogen (secondary N) is 1. The van der Waals surface area contributed by atoms with Crippen molar-refractivity contribution in [2.75, 3.05) is 24.3 Å². The van der Waals surface area contributed by atoms with Crippen LogP contribution in [0.15, 0.2) is 56.7 Å². The van der Waals surface area contributed by atoms with E-state index in [-0.39, 0.29) is 30.2 Å². The first kappa shape index (κ1) is 22.9. The number of nitrogen functional groups attached to an aromatic ring is 1. The molecule has 0 spiro atoms. The third-order valence-corrected chi connectivity index (χ3v) is 5.18. The number of anilines is 2. The second-order valence-electron chi connectivity index (χ2n) is 7.92. The fourth-order valence-electron chi connectivity index (χ4n) is 3.42. The number of methoxy groups -OCH3 is 1. The summed E-state index contributed by atoms with van der Waals surface area (Å²) < 4.78 is 11.7. The average Bonchev–Trinajstić information content (AvgIpc) is 3.23. The summed E-state index contributed by atoms with van der Waals surface area (Å²) in [5, 5.41) is 0. The van der Waals surface area contributed by atoms with Crippen molar-refractivity contribution >= 4 is 17.5 Å². The number of H-pyrrole nitrogens is 1. The zero-order valence-corrected chi connectivity index (χ0v) is 18.5. The van der Waals surface area contributed by atoms with Crippen LogP contribution in [0.4, 0.5) is 11.5 Å². The van der Waals surface area contributed by atoms with E-state index in [0.29, 0.717) is 18.2 Å². The number of aromatic amines is 1. The first-order valence-electron chi connectivity index (χ1n) is 10.4. The normalized spacial score (nSPS) is 11.0. The van der Waals surface area contributed by atoms with Crippen LogP contribution in [0.1, 0.15) is 41.9 Å². The molecule has 2 aromatic heterocycles. The van der Waals surface area contributed by atoms with Gasteiger partial charge in [-0.1, -0.05) is 44.2 Å². The number of nitrogens with two attached hydrogens (primary N) is 1. The lowest BCUT2D eigenvalue weighted by molar-refractivity contribution is 0.0598. The van der Waals surface area contributed by atoms with Crippen molar-refractivity contribution in [3.05, 3.63) is 80.4 Å². The van der Waals surface area contributed by atoms with Crippen molar-refractivity contribution in [2.45, 2.75) is 33.4 Å². The van der Waals surface area contributed by atoms with Crippen molar-refractivity contribution in [3.63, 3.8) is 0 Å². The molecule has 1 aromatic carbocycles. The molecule has 0 aliphatic heterocycles. The highest BCUT2D eigenvalue weighted by molar-refractivity contribution is 5.90. The summed E-state index contributed by atoms with van der Waals surface area (Å²) in [6, 6.07) is 10.9. The van der Waals surface area contributed by atoms with Gasteiger partial charge in [0.1, 0.15) is 22.8 Å². The predicted molar refractivity (Wildman–Crippen MR) is 122 cm³/mol. The molecule has 9 heteroatoms. The maximum atomic E-state index is 12.8. The van der Waals surface area contributed by atoms with Gasteiger partial charge in [-0.2, -0.15) is 0 Å². The van der Waals surface area contributed by atoms with E-state index in [0.717, 1.165) is 12.0 Å². The molecule has 0 fully saturated rings. The van der Waals surface area contributed by atoms with Crippen LogP contribution >= 0.6 is 0 Å². The fourth-order valence-corrected chi connectivity index (χ4v) is 3.42. The van der Waals surface area contributed by atoms with Crippen molar-refractivity contribution in [1.29, 1.82) is 0 Å². The van der Waals surface area contributed by atoms with E-state index in [1.54, 1.807) is 4.90 Å². The standard InChI is InChI=1S/C23H28N4O5/c1-15(2)9-11-26(14-18-17(10-12-32-18)22(29)31-3)19-20(24)27(23(30)25-21(19)28)13-16-7-5-4-6-8-16/h4-8,10,12,15H,9,11,13-14,24H2,1-3H3,(H,25,28,30). The minimum atomic E-state index is -0.591. The van der Waals surface area contributed by atoms with Gasteiger partial charge in [-0.3, -0.25) is 14.3 Å². The molecular formula is C23H28N4O5. The van der Waals surface area contributed by atoms with Gasteiger partial charge in [-0.25, -0.2) is 9.59 Å². The molecule has 3 rings (SSSR count). The number of nitrogens with zero attached hydrogens (tertiary/aromatic N) is 2. The summed E-state index contributed by atoms with van der Waals surface area (Å²) in [5.41, 5.74) is 6.50. The summed E-state index contributed by atoms with van der Waals surface area (Å²) in [4.78, 5) is 41.6. The highest BCUT2D eigenvalue weighted by atomic mass is 16.5. The highest BCUT2D eigenvalue weighted by Gasteiger charge is 2.23. The Morgan fingerprint density at radius 3 is 2.59 bits per heavy atom. The summed E-state index contributed by atoms with van der Waals surface area (Å²) in [6.45, 7) is 4.92. The largest absolute Gasteiger partial charge is 0.467 e. The summed E-state index contributed by atoms with van der Waals surface area (Å²) in [7, 11) is 1.29. The Labute approximate surface area is 185 Å². The van der Waals surface area contributed by atoms with Gasteiger partial charge in [0, 0.05) is 6.54 Å². The zero-order chi connectivity index (χ0) is 23.3. The van der Waals surface area contributed by atoms with E-state index in [2.05, 4.69) is 18.8 Å². The molecule has 0 saturated carbocycles. The molecule has 0 atom stereocenters. The number of ether oxygens (including phenoxy) is 1. The lowest BCUT2D eigenvalue weighted by Crippen LogP contribution is -2.39. The van der Waals surface area contributed by atoms with Gasteiger partial charge in [0.25, 0.3) is 5.56 Å². The monoisotopic (exact) mass is 440 g/mol. The number of carbonyl (C=O) groups excluding carboxylic acids is 1. The van der Waals surface area contributed by atoms with Gasteiger partial charge in [-0.15, -0.1) is 0 Å². The number of furan rings is 1. The Bertz CT molecular complexity index is 1180. The molecule has 0 aliphatic carbocycles. The van der Waals surface area contributed by atoms with E-state index >= 15 is 0 Å². The quantitative estimate of drug-likeness (QED) is 0.490. The molecule has 170 valence electrons. The number of carbonyl (C=O) groups is 1. The van der Waals surface area contributed by atoms with Crippen LogP contribution < -0.4 is 21.9 Å². The van der Waals surface area contributed by atoms with Gasteiger partial charge >= 0.3 is 11.7 Å². The Balaban J connectivity index is 2.05. The molecule has 3 N–H and O–H groups in total. The lowest BCUT2D eigenvalue weighted by atomic mass is 10.1. The van der Waals surface area contributed by atoms with Gasteiger partial charge in [-0.05, 0) is 24.0 Å². The second-order valence-corrected chi connectivity index (χ2v) is 7.92. The van der Waals surface area contributed by atoms with E-state index in [1.807, 2.05) is 30.3 Å². The molecule has 0 aliphatic rings. The number of esters is 1. The van der Waals surface area contributed by atoms with Gasteiger partial charge in [0.15, 0.2) is 0 Å².